The van der Waals surface area contributed by atoms with Gasteiger partial charge in [-0.05, 0) is 69.4 Å². The highest BCUT2D eigenvalue weighted by atomic mass is 16.5. The molecule has 1 amide bonds. The lowest BCUT2D eigenvalue weighted by molar-refractivity contribution is 0.0629. The van der Waals surface area contributed by atoms with Crippen LogP contribution in [0.3, 0.4) is 0 Å². The standard InChI is InChI=1S/C24H28N4O2/c1-26(2)20-10-7-15-27(17-20)24(29)22-16-23(18-11-13-21(30-3)14-12-18)28(25-22)19-8-5-4-6-9-19/h4-6,8-9,11-14,16,20H,7,10,15,17H2,1-3H3. The third kappa shape index (κ3) is 4.09. The first-order valence-corrected chi connectivity index (χ1v) is 10.3. The number of amides is 1. The van der Waals surface area contributed by atoms with E-state index in [0.29, 0.717) is 11.7 Å². The average Bonchev–Trinajstić information content (AvgIpc) is 3.25. The molecule has 1 fully saturated rings. The topological polar surface area (TPSA) is 50.6 Å². The number of methoxy groups -OCH3 is 1. The molecule has 156 valence electrons. The molecule has 0 aliphatic carbocycles. The van der Waals surface area contributed by atoms with Crippen molar-refractivity contribution in [1.29, 1.82) is 0 Å². The maximum Gasteiger partial charge on any atom is 0.274 e. The van der Waals surface area contributed by atoms with Gasteiger partial charge in [-0.2, -0.15) is 5.10 Å². The van der Waals surface area contributed by atoms with Gasteiger partial charge in [-0.15, -0.1) is 0 Å². The van der Waals surface area contributed by atoms with Crippen LogP contribution >= 0.6 is 0 Å². The number of nitrogens with zero attached hydrogens (tertiary/aromatic N) is 4. The number of rotatable bonds is 5. The van der Waals surface area contributed by atoms with Crippen molar-refractivity contribution in [2.45, 2.75) is 18.9 Å². The molecule has 1 saturated heterocycles. The van der Waals surface area contributed by atoms with Gasteiger partial charge >= 0.3 is 0 Å². The fourth-order valence-electron chi connectivity index (χ4n) is 3.94. The van der Waals surface area contributed by atoms with Crippen LogP contribution in [0, 0.1) is 0 Å². The molecule has 6 nitrogen and oxygen atoms in total. The first kappa shape index (κ1) is 20.2. The third-order valence-corrected chi connectivity index (χ3v) is 5.73. The van der Waals surface area contributed by atoms with Gasteiger partial charge in [0.1, 0.15) is 5.75 Å². The van der Waals surface area contributed by atoms with Gasteiger partial charge in [0.2, 0.25) is 0 Å². The first-order chi connectivity index (χ1) is 14.6. The lowest BCUT2D eigenvalue weighted by Gasteiger charge is -2.35. The van der Waals surface area contributed by atoms with Gasteiger partial charge in [0.15, 0.2) is 5.69 Å². The normalized spacial score (nSPS) is 16.7. The lowest BCUT2D eigenvalue weighted by atomic mass is 10.0. The van der Waals surface area contributed by atoms with E-state index in [1.807, 2.05) is 70.2 Å². The quantitative estimate of drug-likeness (QED) is 0.650. The number of ether oxygens (including phenoxy) is 1. The molecule has 6 heteroatoms. The Hall–Kier alpha value is -3.12. The van der Waals surface area contributed by atoms with Gasteiger partial charge in [0.25, 0.3) is 5.91 Å². The summed E-state index contributed by atoms with van der Waals surface area (Å²) < 4.78 is 7.13. The largest absolute Gasteiger partial charge is 0.497 e. The minimum absolute atomic E-state index is 0.00834. The number of likely N-dealkylation sites (tertiary alicyclic amines) is 1. The summed E-state index contributed by atoms with van der Waals surface area (Å²) in [6.45, 7) is 1.52. The Morgan fingerprint density at radius 2 is 1.83 bits per heavy atom. The van der Waals surface area contributed by atoms with Crippen molar-refractivity contribution in [3.8, 4) is 22.7 Å². The van der Waals surface area contributed by atoms with Crippen molar-refractivity contribution in [1.82, 2.24) is 19.6 Å². The van der Waals surface area contributed by atoms with E-state index in [1.54, 1.807) is 7.11 Å². The minimum Gasteiger partial charge on any atom is -0.497 e. The number of carbonyl (C=O) groups is 1. The fraction of sp³-hybridized carbons (Fsp3) is 0.333. The molecule has 0 radical (unpaired) electrons. The van der Waals surface area contributed by atoms with Crippen molar-refractivity contribution in [3.05, 3.63) is 66.4 Å². The molecule has 0 saturated carbocycles. The molecule has 0 bridgehead atoms. The molecule has 2 aromatic carbocycles. The van der Waals surface area contributed by atoms with Gasteiger partial charge in [-0.3, -0.25) is 4.79 Å². The summed E-state index contributed by atoms with van der Waals surface area (Å²) in [7, 11) is 5.80. The highest BCUT2D eigenvalue weighted by Crippen LogP contribution is 2.27. The zero-order chi connectivity index (χ0) is 21.1. The van der Waals surface area contributed by atoms with Crippen LogP contribution in [0.15, 0.2) is 60.7 Å². The van der Waals surface area contributed by atoms with Crippen molar-refractivity contribution < 1.29 is 9.53 Å². The summed E-state index contributed by atoms with van der Waals surface area (Å²) in [4.78, 5) is 17.4. The van der Waals surface area contributed by atoms with Crippen molar-refractivity contribution in [2.24, 2.45) is 0 Å². The van der Waals surface area contributed by atoms with Crippen LogP contribution in [0.5, 0.6) is 5.75 Å². The number of carbonyl (C=O) groups excluding carboxylic acids is 1. The van der Waals surface area contributed by atoms with E-state index in [4.69, 9.17) is 9.84 Å². The summed E-state index contributed by atoms with van der Waals surface area (Å²) in [6.07, 6.45) is 2.13. The first-order valence-electron chi connectivity index (χ1n) is 10.3. The summed E-state index contributed by atoms with van der Waals surface area (Å²) in [5.74, 6) is 0.787. The fourth-order valence-corrected chi connectivity index (χ4v) is 3.94. The number of benzene rings is 2. The Labute approximate surface area is 177 Å². The van der Waals surface area contributed by atoms with Crippen LogP contribution in [0.25, 0.3) is 16.9 Å². The number of piperidine rings is 1. The number of hydrogen-bond acceptors (Lipinski definition) is 4. The van der Waals surface area contributed by atoms with Crippen molar-refractivity contribution >= 4 is 5.91 Å². The second-order valence-corrected chi connectivity index (χ2v) is 7.90. The lowest BCUT2D eigenvalue weighted by Crippen LogP contribution is -2.47. The van der Waals surface area contributed by atoms with Gasteiger partial charge in [0, 0.05) is 24.7 Å². The Morgan fingerprint density at radius 1 is 1.10 bits per heavy atom. The summed E-state index contributed by atoms with van der Waals surface area (Å²) in [5, 5.41) is 4.73. The maximum absolute atomic E-state index is 13.3. The van der Waals surface area contributed by atoms with Gasteiger partial charge in [-0.1, -0.05) is 18.2 Å². The highest BCUT2D eigenvalue weighted by Gasteiger charge is 2.28. The molecule has 1 aliphatic rings. The Bertz CT molecular complexity index is 996. The van der Waals surface area contributed by atoms with E-state index in [-0.39, 0.29) is 5.91 Å². The number of aromatic nitrogens is 2. The maximum atomic E-state index is 13.3. The van der Waals surface area contributed by atoms with Crippen molar-refractivity contribution in [3.63, 3.8) is 0 Å². The average molecular weight is 405 g/mol. The molecule has 1 unspecified atom stereocenters. The van der Waals surface area contributed by atoms with E-state index >= 15 is 0 Å². The number of hydrogen-bond donors (Lipinski definition) is 0. The van der Waals surface area contributed by atoms with E-state index < -0.39 is 0 Å². The van der Waals surface area contributed by atoms with E-state index in [2.05, 4.69) is 19.0 Å². The Kier molecular flexibility index (Phi) is 5.86. The SMILES string of the molecule is COc1ccc(-c2cc(C(=O)N3CCCC(N(C)C)C3)nn2-c2ccccc2)cc1. The van der Waals surface area contributed by atoms with Gasteiger partial charge < -0.3 is 14.5 Å². The third-order valence-electron chi connectivity index (χ3n) is 5.73. The minimum atomic E-state index is -0.00834. The second kappa shape index (κ2) is 8.71. The molecule has 3 aromatic rings. The molecule has 4 rings (SSSR count). The molecule has 1 aliphatic heterocycles. The second-order valence-electron chi connectivity index (χ2n) is 7.90. The Morgan fingerprint density at radius 3 is 2.50 bits per heavy atom. The summed E-state index contributed by atoms with van der Waals surface area (Å²) in [6, 6.07) is 20.0. The molecule has 0 N–H and O–H groups in total. The predicted octanol–water partition coefficient (Wildman–Crippen LogP) is 3.71. The summed E-state index contributed by atoms with van der Waals surface area (Å²) in [5.41, 5.74) is 3.26. The zero-order valence-electron chi connectivity index (χ0n) is 17.8. The molecular formula is C24H28N4O2. The monoisotopic (exact) mass is 404 g/mol. The number of likely N-dealkylation sites (N-methyl/N-ethyl adjacent to an activating group) is 1. The van der Waals surface area contributed by atoms with Gasteiger partial charge in [-0.25, -0.2) is 4.68 Å². The van der Waals surface area contributed by atoms with Crippen molar-refractivity contribution in [2.75, 3.05) is 34.3 Å². The summed E-state index contributed by atoms with van der Waals surface area (Å²) >= 11 is 0. The van der Waals surface area contributed by atoms with Crippen LogP contribution in [0.2, 0.25) is 0 Å². The van der Waals surface area contributed by atoms with Crippen LogP contribution in [0.4, 0.5) is 0 Å². The zero-order valence-corrected chi connectivity index (χ0v) is 17.8. The molecule has 1 aromatic heterocycles. The molecule has 1 atom stereocenters. The van der Waals surface area contributed by atoms with Crippen LogP contribution < -0.4 is 4.74 Å². The van der Waals surface area contributed by atoms with E-state index in [9.17, 15) is 4.79 Å². The molecular weight excluding hydrogens is 376 g/mol. The van der Waals surface area contributed by atoms with E-state index in [1.165, 1.54) is 0 Å². The smallest absolute Gasteiger partial charge is 0.274 e. The molecule has 30 heavy (non-hydrogen) atoms. The van der Waals surface area contributed by atoms with Gasteiger partial charge in [0.05, 0.1) is 18.5 Å². The van der Waals surface area contributed by atoms with Crippen LogP contribution in [-0.4, -0.2) is 65.8 Å². The van der Waals surface area contributed by atoms with Crippen LogP contribution in [-0.2, 0) is 0 Å². The van der Waals surface area contributed by atoms with E-state index in [0.717, 1.165) is 48.6 Å². The van der Waals surface area contributed by atoms with Crippen LogP contribution in [0.1, 0.15) is 23.3 Å². The highest BCUT2D eigenvalue weighted by molar-refractivity contribution is 5.93. The Balaban J connectivity index is 1.70. The molecule has 2 heterocycles. The molecule has 0 spiro atoms. The predicted molar refractivity (Wildman–Crippen MR) is 118 cm³/mol. The number of para-hydroxylation sites is 1.